The van der Waals surface area contributed by atoms with Gasteiger partial charge in [0.25, 0.3) is 0 Å². The lowest BCUT2D eigenvalue weighted by atomic mass is 10.9. The molecule has 0 aromatic rings. The molecule has 0 radical (unpaired) electrons. The van der Waals surface area contributed by atoms with Crippen LogP contribution in [0.3, 0.4) is 0 Å². The topological polar surface area (TPSA) is 40.1 Å². The zero-order valence-electron chi connectivity index (χ0n) is 4.82. The van der Waals surface area contributed by atoms with E-state index in [1.807, 2.05) is 0 Å². The predicted octanol–water partition coefficient (Wildman–Crippen LogP) is -1.24. The highest BCUT2D eigenvalue weighted by Gasteiger charge is 1.46. The van der Waals surface area contributed by atoms with Crippen LogP contribution in [0.1, 0.15) is 11.0 Å². The van der Waals surface area contributed by atoms with Crippen molar-refractivity contribution in [2.45, 2.75) is 6.85 Å². The number of hydrogen-bond acceptors (Lipinski definition) is 2. The molecule has 24 valence electrons. The number of rotatable bonds is 0. The fraction of sp³-hybridized carbons (Fsp3) is 0.500. The number of hydrogen-bond donors (Lipinski definition) is 0. The van der Waals surface area contributed by atoms with Gasteiger partial charge in [0.1, 0.15) is 0 Å². The van der Waals surface area contributed by atoms with Gasteiger partial charge in [-0.3, -0.25) is 0 Å². The first-order valence-electron chi connectivity index (χ1n) is 2.16. The van der Waals surface area contributed by atoms with E-state index in [0.717, 1.165) is 0 Å². The summed E-state index contributed by atoms with van der Waals surface area (Å²) >= 11 is 0. The lowest BCUT2D eigenvalue weighted by molar-refractivity contribution is -0.302. The molecular weight excluding hydrogens is 56.0 g/mol. The minimum absolute atomic E-state index is 2.01. The van der Waals surface area contributed by atoms with Gasteiger partial charge in [0.05, 0.1) is 0 Å². The highest BCUT2D eigenvalue weighted by atomic mass is 16.4. The lowest BCUT2D eigenvalue weighted by Gasteiger charge is -1.77. The van der Waals surface area contributed by atoms with Crippen molar-refractivity contribution in [1.82, 2.24) is 0 Å². The molecular formula is C2H3O2-. The summed E-state index contributed by atoms with van der Waals surface area (Å²) in [5, 5.41) is 9.35. The summed E-state index contributed by atoms with van der Waals surface area (Å²) in [6.07, 6.45) is 0. The Kier molecular flexibility index (Phi) is 0.155. The fourth-order valence-electron chi connectivity index (χ4n) is 0. The molecule has 0 aromatic carbocycles. The smallest absolute Gasteiger partial charge is 0.0383 e. The average Bonchev–Trinajstić information content (AvgIpc) is 1.31. The molecule has 2 heteroatoms. The fourth-order valence-corrected chi connectivity index (χ4v) is 0. The van der Waals surface area contributed by atoms with Crippen molar-refractivity contribution in [3.63, 3.8) is 0 Å². The number of carboxylic acids is 1. The number of carbonyl (C=O) groups excluding carboxylic acids is 1. The molecule has 0 spiro atoms. The molecule has 0 amide bonds. The number of carboxylic acid groups (broad SMARTS) is 1. The Labute approximate surface area is 28.3 Å². The Hall–Kier alpha value is -0.530. The van der Waals surface area contributed by atoms with Crippen molar-refractivity contribution < 1.29 is 14.0 Å². The standard InChI is InChI=1S/C2H4O2/c1-2(3)4/h1H3,(H,3,4)/p-1/i1D3. The van der Waals surface area contributed by atoms with Crippen LogP contribution < -0.4 is 5.11 Å². The van der Waals surface area contributed by atoms with Crippen LogP contribution >= 0.6 is 0 Å². The van der Waals surface area contributed by atoms with Gasteiger partial charge >= 0.3 is 0 Å². The maximum absolute atomic E-state index is 9.35. The average molecular weight is 62.1 g/mol. The van der Waals surface area contributed by atoms with Crippen LogP contribution in [0.25, 0.3) is 0 Å². The molecule has 0 fully saturated rings. The third-order valence-corrected chi connectivity index (χ3v) is 0. The largest absolute Gasteiger partial charge is 0.550 e. The van der Waals surface area contributed by atoms with Gasteiger partial charge in [-0.25, -0.2) is 0 Å². The summed E-state index contributed by atoms with van der Waals surface area (Å²) in [4.78, 5) is 9.35. The van der Waals surface area contributed by atoms with E-state index in [9.17, 15) is 9.90 Å². The SMILES string of the molecule is [2H]C([2H])([2H])C(=O)[O-]. The van der Waals surface area contributed by atoms with Crippen molar-refractivity contribution >= 4 is 5.97 Å². The molecule has 0 bridgehead atoms. The van der Waals surface area contributed by atoms with E-state index < -0.39 is 12.8 Å². The third kappa shape index (κ3) is 1.16. The van der Waals surface area contributed by atoms with Crippen molar-refractivity contribution in [3.8, 4) is 0 Å². The summed E-state index contributed by atoms with van der Waals surface area (Å²) < 4.78 is 18.2. The van der Waals surface area contributed by atoms with E-state index in [-0.39, 0.29) is 0 Å². The molecule has 2 nitrogen and oxygen atoms in total. The third-order valence-electron chi connectivity index (χ3n) is 0. The molecule has 0 rings (SSSR count). The van der Waals surface area contributed by atoms with Gasteiger partial charge in [0, 0.05) is 10.1 Å². The molecule has 0 aliphatic rings. The number of carbonyl (C=O) groups is 1. The first-order chi connectivity index (χ1) is 2.94. The highest BCUT2D eigenvalue weighted by Crippen LogP contribution is 1.31. The summed E-state index contributed by atoms with van der Waals surface area (Å²) in [5.74, 6) is -2.01. The van der Waals surface area contributed by atoms with E-state index in [4.69, 9.17) is 4.11 Å². The van der Waals surface area contributed by atoms with E-state index in [1.54, 1.807) is 0 Å². The zero-order valence-corrected chi connectivity index (χ0v) is 1.82. The summed E-state index contributed by atoms with van der Waals surface area (Å²) in [6.45, 7) is -2.94. The Balaban J connectivity index is 3.79. The van der Waals surface area contributed by atoms with Crippen molar-refractivity contribution in [1.29, 1.82) is 0 Å². The Morgan fingerprint density at radius 2 is 2.75 bits per heavy atom. The van der Waals surface area contributed by atoms with E-state index in [1.165, 1.54) is 0 Å². The lowest BCUT2D eigenvalue weighted by Crippen LogP contribution is -2.16. The van der Waals surface area contributed by atoms with Gasteiger partial charge in [-0.05, 0) is 6.85 Å². The maximum atomic E-state index is 9.35. The Morgan fingerprint density at radius 3 is 2.75 bits per heavy atom. The molecule has 0 heterocycles. The summed E-state index contributed by atoms with van der Waals surface area (Å²) in [7, 11) is 0. The summed E-state index contributed by atoms with van der Waals surface area (Å²) in [6, 6.07) is 0. The van der Waals surface area contributed by atoms with Crippen LogP contribution in [-0.4, -0.2) is 5.97 Å². The first kappa shape index (κ1) is 0.708. The van der Waals surface area contributed by atoms with Gasteiger partial charge < -0.3 is 9.90 Å². The zero-order chi connectivity index (χ0) is 6.08. The van der Waals surface area contributed by atoms with Crippen LogP contribution in [0.4, 0.5) is 0 Å². The van der Waals surface area contributed by atoms with Crippen LogP contribution in [0.2, 0.25) is 0 Å². The Bertz CT molecular complexity index is 83.4. The maximum Gasteiger partial charge on any atom is 0.0383 e. The molecule has 0 aromatic heterocycles. The van der Waals surface area contributed by atoms with Crippen LogP contribution in [0, 0.1) is 0 Å². The van der Waals surface area contributed by atoms with Crippen LogP contribution in [0.15, 0.2) is 0 Å². The molecule has 0 saturated carbocycles. The first-order valence-corrected chi connectivity index (χ1v) is 0.658. The van der Waals surface area contributed by atoms with Gasteiger partial charge in [-0.2, -0.15) is 0 Å². The van der Waals surface area contributed by atoms with Crippen LogP contribution in [0.5, 0.6) is 0 Å². The van der Waals surface area contributed by atoms with Crippen molar-refractivity contribution in [2.75, 3.05) is 0 Å². The molecule has 0 aliphatic carbocycles. The predicted molar refractivity (Wildman–Crippen MR) is 10.7 cm³/mol. The Morgan fingerprint density at radius 1 is 2.50 bits per heavy atom. The normalized spacial score (nSPS) is 20.5. The monoisotopic (exact) mass is 62.0 g/mol. The molecule has 0 atom stereocenters. The second-order valence-electron chi connectivity index (χ2n) is 0.287. The second kappa shape index (κ2) is 0.875. The molecule has 0 aliphatic heterocycles. The quantitative estimate of drug-likeness (QED) is 0.352. The number of aliphatic carboxylic acids is 1. The van der Waals surface area contributed by atoms with E-state index >= 15 is 0 Å². The van der Waals surface area contributed by atoms with Crippen molar-refractivity contribution in [3.05, 3.63) is 0 Å². The van der Waals surface area contributed by atoms with Gasteiger partial charge in [0.2, 0.25) is 0 Å². The second-order valence-corrected chi connectivity index (χ2v) is 0.287. The van der Waals surface area contributed by atoms with Crippen molar-refractivity contribution in [2.24, 2.45) is 0 Å². The van der Waals surface area contributed by atoms with Gasteiger partial charge in [-0.15, -0.1) is 0 Å². The van der Waals surface area contributed by atoms with Crippen LogP contribution in [-0.2, 0) is 4.79 Å². The van der Waals surface area contributed by atoms with Gasteiger partial charge in [0.15, 0.2) is 0 Å². The summed E-state index contributed by atoms with van der Waals surface area (Å²) in [5.41, 5.74) is 0. The van der Waals surface area contributed by atoms with Gasteiger partial charge in [-0.1, -0.05) is 0 Å². The molecule has 0 unspecified atom stereocenters. The van der Waals surface area contributed by atoms with E-state index in [2.05, 4.69) is 0 Å². The molecule has 0 saturated heterocycles. The highest BCUT2D eigenvalue weighted by molar-refractivity contribution is 5.60. The minimum atomic E-state index is -2.94. The molecule has 0 N–H and O–H groups in total. The van der Waals surface area contributed by atoms with E-state index in [0.29, 0.717) is 0 Å². The molecule has 4 heavy (non-hydrogen) atoms. The minimum Gasteiger partial charge on any atom is -0.550 e.